The first-order chi connectivity index (χ1) is 11.5. The van der Waals surface area contributed by atoms with Crippen LogP contribution in [0, 0.1) is 0 Å². The molecule has 0 atom stereocenters. The van der Waals surface area contributed by atoms with E-state index in [1.54, 1.807) is 31.2 Å². The molecule has 0 bridgehead atoms. The molecule has 2 aromatic rings. The van der Waals surface area contributed by atoms with Crippen molar-refractivity contribution < 1.29 is 14.3 Å². The molecule has 0 aliphatic carbocycles. The average molecular weight is 388 g/mol. The number of rotatable bonds is 7. The van der Waals surface area contributed by atoms with E-state index < -0.39 is 5.97 Å². The largest absolute Gasteiger partial charge is 0.462 e. The van der Waals surface area contributed by atoms with E-state index in [1.165, 1.54) is 0 Å². The fourth-order valence-corrected chi connectivity index (χ4v) is 2.41. The summed E-state index contributed by atoms with van der Waals surface area (Å²) in [5, 5.41) is 3.07. The summed E-state index contributed by atoms with van der Waals surface area (Å²) in [5.41, 5.74) is 2.17. The van der Waals surface area contributed by atoms with E-state index in [2.05, 4.69) is 27.8 Å². The van der Waals surface area contributed by atoms with Crippen LogP contribution < -0.4 is 5.32 Å². The van der Waals surface area contributed by atoms with Crippen molar-refractivity contribution >= 4 is 38.9 Å². The van der Waals surface area contributed by atoms with Gasteiger partial charge in [0.2, 0.25) is 0 Å². The molecule has 0 aliphatic rings. The molecule has 0 saturated carbocycles. The molecule has 2 rings (SSSR count). The summed E-state index contributed by atoms with van der Waals surface area (Å²) in [5.74, 6) is -0.509. The van der Waals surface area contributed by atoms with E-state index in [1.807, 2.05) is 24.3 Å². The average Bonchev–Trinajstić information content (AvgIpc) is 2.60. The van der Waals surface area contributed by atoms with Gasteiger partial charge in [-0.1, -0.05) is 52.8 Å². The Bertz CT molecular complexity index is 753. The highest BCUT2D eigenvalue weighted by molar-refractivity contribution is 9.10. The van der Waals surface area contributed by atoms with Crippen LogP contribution in [-0.2, 0) is 9.53 Å². The fraction of sp³-hybridized carbons (Fsp3) is 0.158. The van der Waals surface area contributed by atoms with Crippen LogP contribution in [0.25, 0.3) is 5.57 Å². The van der Waals surface area contributed by atoms with E-state index >= 15 is 0 Å². The lowest BCUT2D eigenvalue weighted by atomic mass is 10.0. The molecule has 5 heteroatoms. The van der Waals surface area contributed by atoms with Crippen molar-refractivity contribution in [3.63, 3.8) is 0 Å². The minimum atomic E-state index is -0.467. The van der Waals surface area contributed by atoms with Gasteiger partial charge in [-0.15, -0.1) is 0 Å². The number of para-hydroxylation sites is 1. The molecule has 4 nitrogen and oxygen atoms in total. The normalized spacial score (nSPS) is 10.1. The van der Waals surface area contributed by atoms with E-state index in [4.69, 9.17) is 4.74 Å². The van der Waals surface area contributed by atoms with Gasteiger partial charge in [0.05, 0.1) is 18.7 Å². The number of ketones is 1. The third kappa shape index (κ3) is 4.55. The second-order valence-corrected chi connectivity index (χ2v) is 5.94. The third-order valence-corrected chi connectivity index (χ3v) is 3.91. The topological polar surface area (TPSA) is 55.4 Å². The molecular formula is C19H18BrNO3. The second-order valence-electron chi connectivity index (χ2n) is 5.03. The standard InChI is InChI=1S/C19H18BrNO3/c1-3-24-19(23)13(2)16-6-4-5-7-17(16)21-12-18(22)14-8-10-15(20)11-9-14/h4-11,21H,2-3,12H2,1H3. The Morgan fingerprint density at radius 2 is 1.79 bits per heavy atom. The zero-order valence-electron chi connectivity index (χ0n) is 13.3. The van der Waals surface area contributed by atoms with Gasteiger partial charge < -0.3 is 10.1 Å². The molecule has 0 aromatic heterocycles. The number of carbonyl (C=O) groups is 2. The van der Waals surface area contributed by atoms with Crippen molar-refractivity contribution in [3.05, 3.63) is 70.7 Å². The summed E-state index contributed by atoms with van der Waals surface area (Å²) in [6.07, 6.45) is 0. The maximum Gasteiger partial charge on any atom is 0.338 e. The molecule has 124 valence electrons. The van der Waals surface area contributed by atoms with Crippen LogP contribution in [0.2, 0.25) is 0 Å². The molecular weight excluding hydrogens is 370 g/mol. The summed E-state index contributed by atoms with van der Waals surface area (Å²) in [7, 11) is 0. The predicted molar refractivity (Wildman–Crippen MR) is 99.1 cm³/mol. The van der Waals surface area contributed by atoms with Crippen molar-refractivity contribution in [2.24, 2.45) is 0 Å². The second kappa shape index (κ2) is 8.45. The third-order valence-electron chi connectivity index (χ3n) is 3.38. The Morgan fingerprint density at radius 1 is 1.12 bits per heavy atom. The predicted octanol–water partition coefficient (Wildman–Crippen LogP) is 4.32. The van der Waals surface area contributed by atoms with Crippen molar-refractivity contribution in [1.82, 2.24) is 0 Å². The highest BCUT2D eigenvalue weighted by Gasteiger charge is 2.14. The Morgan fingerprint density at radius 3 is 2.46 bits per heavy atom. The Kier molecular flexibility index (Phi) is 6.32. The molecule has 0 spiro atoms. The summed E-state index contributed by atoms with van der Waals surface area (Å²) in [4.78, 5) is 24.1. The fourth-order valence-electron chi connectivity index (χ4n) is 2.14. The molecule has 0 amide bonds. The molecule has 0 saturated heterocycles. The van der Waals surface area contributed by atoms with E-state index in [0.29, 0.717) is 16.8 Å². The maximum atomic E-state index is 12.3. The van der Waals surface area contributed by atoms with Crippen LogP contribution in [0.4, 0.5) is 5.69 Å². The van der Waals surface area contributed by atoms with Crippen molar-refractivity contribution in [3.8, 4) is 0 Å². The quantitative estimate of drug-likeness (QED) is 0.436. The van der Waals surface area contributed by atoms with E-state index in [9.17, 15) is 9.59 Å². The van der Waals surface area contributed by atoms with Crippen molar-refractivity contribution in [2.75, 3.05) is 18.5 Å². The Labute approximate surface area is 149 Å². The summed E-state index contributed by atoms with van der Waals surface area (Å²) >= 11 is 3.34. The van der Waals surface area contributed by atoms with Crippen molar-refractivity contribution in [1.29, 1.82) is 0 Å². The van der Waals surface area contributed by atoms with Crippen LogP contribution in [0.1, 0.15) is 22.8 Å². The number of Topliss-reactive ketones (excluding diaryl/α,β-unsaturated/α-hetero) is 1. The highest BCUT2D eigenvalue weighted by atomic mass is 79.9. The number of nitrogens with one attached hydrogen (secondary N) is 1. The van der Waals surface area contributed by atoms with Gasteiger partial charge in [-0.2, -0.15) is 0 Å². The van der Waals surface area contributed by atoms with Gasteiger partial charge in [0.25, 0.3) is 0 Å². The number of halogens is 1. The van der Waals surface area contributed by atoms with E-state index in [0.717, 1.165) is 4.47 Å². The monoisotopic (exact) mass is 387 g/mol. The minimum Gasteiger partial charge on any atom is -0.462 e. The van der Waals surface area contributed by atoms with Gasteiger partial charge in [-0.25, -0.2) is 4.79 Å². The van der Waals surface area contributed by atoms with Crippen molar-refractivity contribution in [2.45, 2.75) is 6.92 Å². The first-order valence-corrected chi connectivity index (χ1v) is 8.30. The molecule has 0 heterocycles. The lowest BCUT2D eigenvalue weighted by Crippen LogP contribution is -2.15. The van der Waals surface area contributed by atoms with Crippen LogP contribution in [0.5, 0.6) is 0 Å². The lowest BCUT2D eigenvalue weighted by Gasteiger charge is -2.13. The molecule has 0 fully saturated rings. The number of esters is 1. The molecule has 1 N–H and O–H groups in total. The minimum absolute atomic E-state index is 0.0425. The van der Waals surface area contributed by atoms with Gasteiger partial charge in [0, 0.05) is 21.3 Å². The zero-order valence-corrected chi connectivity index (χ0v) is 14.9. The summed E-state index contributed by atoms with van der Waals surface area (Å²) in [6, 6.07) is 14.4. The summed E-state index contributed by atoms with van der Waals surface area (Å²) in [6.45, 7) is 5.94. The maximum absolute atomic E-state index is 12.3. The number of hydrogen-bond donors (Lipinski definition) is 1. The summed E-state index contributed by atoms with van der Waals surface area (Å²) < 4.78 is 5.90. The van der Waals surface area contributed by atoms with Crippen LogP contribution in [0.3, 0.4) is 0 Å². The Hall–Kier alpha value is -2.40. The molecule has 24 heavy (non-hydrogen) atoms. The number of benzene rings is 2. The lowest BCUT2D eigenvalue weighted by molar-refractivity contribution is -0.136. The Balaban J connectivity index is 2.10. The highest BCUT2D eigenvalue weighted by Crippen LogP contribution is 2.23. The van der Waals surface area contributed by atoms with Gasteiger partial charge in [-0.3, -0.25) is 4.79 Å². The van der Waals surface area contributed by atoms with Gasteiger partial charge in [-0.05, 0) is 25.1 Å². The first kappa shape index (κ1) is 17.9. The molecule has 0 unspecified atom stereocenters. The van der Waals surface area contributed by atoms with Gasteiger partial charge >= 0.3 is 5.97 Å². The van der Waals surface area contributed by atoms with Crippen LogP contribution in [-0.4, -0.2) is 24.9 Å². The number of carbonyl (C=O) groups excluding carboxylic acids is 2. The number of ether oxygens (including phenoxy) is 1. The van der Waals surface area contributed by atoms with Crippen LogP contribution in [0.15, 0.2) is 59.6 Å². The van der Waals surface area contributed by atoms with Gasteiger partial charge in [0.15, 0.2) is 5.78 Å². The van der Waals surface area contributed by atoms with E-state index in [-0.39, 0.29) is 24.5 Å². The number of anilines is 1. The van der Waals surface area contributed by atoms with Gasteiger partial charge in [0.1, 0.15) is 0 Å². The SMILES string of the molecule is C=C(C(=O)OCC)c1ccccc1NCC(=O)c1ccc(Br)cc1. The van der Waals surface area contributed by atoms with Crippen LogP contribution >= 0.6 is 15.9 Å². The number of hydrogen-bond acceptors (Lipinski definition) is 4. The smallest absolute Gasteiger partial charge is 0.338 e. The molecule has 0 radical (unpaired) electrons. The molecule has 2 aromatic carbocycles. The molecule has 0 aliphatic heterocycles. The first-order valence-electron chi connectivity index (χ1n) is 7.51. The zero-order chi connectivity index (χ0) is 17.5.